The molecule has 0 saturated heterocycles. The van der Waals surface area contributed by atoms with Crippen LogP contribution < -0.4 is 5.32 Å². The second kappa shape index (κ2) is 4.79. The van der Waals surface area contributed by atoms with E-state index in [1.54, 1.807) is 6.92 Å². The minimum atomic E-state index is -5.03. The molecule has 1 unspecified atom stereocenters. The van der Waals surface area contributed by atoms with E-state index in [2.05, 4.69) is 5.32 Å². The maximum atomic E-state index is 12.6. The molecule has 0 heterocycles. The Kier molecular flexibility index (Phi) is 3.95. The second-order valence-electron chi connectivity index (χ2n) is 3.81. The first-order valence-electron chi connectivity index (χ1n) is 5.03. The molecule has 0 aliphatic rings. The van der Waals surface area contributed by atoms with Gasteiger partial charge >= 0.3 is 12.4 Å². The third kappa shape index (κ3) is 3.16. The fraction of sp³-hybridized carbons (Fsp3) is 0.455. The van der Waals surface area contributed by atoms with E-state index in [1.165, 1.54) is 7.05 Å². The molecule has 1 N–H and O–H groups in total. The molecule has 0 radical (unpaired) electrons. The van der Waals surface area contributed by atoms with Gasteiger partial charge in [0.2, 0.25) is 0 Å². The molecule has 1 aromatic rings. The average Bonchev–Trinajstić information content (AvgIpc) is 2.24. The first-order chi connectivity index (χ1) is 8.07. The van der Waals surface area contributed by atoms with Crippen molar-refractivity contribution in [3.05, 3.63) is 34.9 Å². The van der Waals surface area contributed by atoms with E-state index in [0.717, 1.165) is 6.07 Å². The Hall–Kier alpha value is -1.24. The summed E-state index contributed by atoms with van der Waals surface area (Å²) in [6, 6.07) is 1.57. The van der Waals surface area contributed by atoms with Gasteiger partial charge < -0.3 is 5.32 Å². The molecule has 1 nitrogen and oxygen atoms in total. The van der Waals surface area contributed by atoms with Crippen LogP contribution in [-0.4, -0.2) is 7.05 Å². The Morgan fingerprint density at radius 2 is 1.44 bits per heavy atom. The second-order valence-corrected chi connectivity index (χ2v) is 3.81. The lowest BCUT2D eigenvalue weighted by molar-refractivity contribution is -0.162. The quantitative estimate of drug-likeness (QED) is 0.801. The summed E-state index contributed by atoms with van der Waals surface area (Å²) in [5.41, 5.74) is -3.17. The molecule has 0 aliphatic carbocycles. The van der Waals surface area contributed by atoms with Crippen LogP contribution in [0.1, 0.15) is 29.7 Å². The molecule has 0 amide bonds. The van der Waals surface area contributed by atoms with Crippen molar-refractivity contribution in [3.63, 3.8) is 0 Å². The Morgan fingerprint density at radius 3 is 1.83 bits per heavy atom. The predicted molar refractivity (Wildman–Crippen MR) is 53.9 cm³/mol. The Bertz CT molecular complexity index is 421. The summed E-state index contributed by atoms with van der Waals surface area (Å²) < 4.78 is 75.3. The first-order valence-corrected chi connectivity index (χ1v) is 5.03. The van der Waals surface area contributed by atoms with E-state index in [0.29, 0.717) is 12.1 Å². The molecule has 0 fully saturated rings. The van der Waals surface area contributed by atoms with Crippen LogP contribution in [-0.2, 0) is 12.4 Å². The molecule has 1 atom stereocenters. The highest BCUT2D eigenvalue weighted by Gasteiger charge is 2.43. The molecule has 7 heteroatoms. The van der Waals surface area contributed by atoms with Crippen molar-refractivity contribution >= 4 is 0 Å². The van der Waals surface area contributed by atoms with Crippen LogP contribution in [0, 0.1) is 0 Å². The maximum Gasteiger partial charge on any atom is 0.417 e. The lowest BCUT2D eigenvalue weighted by Crippen LogP contribution is -2.19. The fourth-order valence-corrected chi connectivity index (χ4v) is 1.48. The molecule has 1 aromatic carbocycles. The Morgan fingerprint density at radius 1 is 0.944 bits per heavy atom. The molecular weight excluding hydrogens is 260 g/mol. The van der Waals surface area contributed by atoms with Gasteiger partial charge in [0, 0.05) is 6.04 Å². The standard InChI is InChI=1S/C11H11F6N/c1-6(18-2)7-3-4-8(10(12,13)14)9(5-7)11(15,16)17/h3-6,18H,1-2H3. The van der Waals surface area contributed by atoms with Crippen LogP contribution >= 0.6 is 0 Å². The summed E-state index contributed by atoms with van der Waals surface area (Å²) in [5.74, 6) is 0. The summed E-state index contributed by atoms with van der Waals surface area (Å²) in [6.07, 6.45) is -10.1. The zero-order valence-corrected chi connectivity index (χ0v) is 9.58. The summed E-state index contributed by atoms with van der Waals surface area (Å²) >= 11 is 0. The zero-order valence-electron chi connectivity index (χ0n) is 9.58. The van der Waals surface area contributed by atoms with Crippen molar-refractivity contribution in [2.75, 3.05) is 7.05 Å². The summed E-state index contributed by atoms with van der Waals surface area (Å²) in [7, 11) is 1.51. The fourth-order valence-electron chi connectivity index (χ4n) is 1.48. The minimum Gasteiger partial charge on any atom is -0.313 e. The van der Waals surface area contributed by atoms with Crippen LogP contribution in [0.4, 0.5) is 26.3 Å². The highest BCUT2D eigenvalue weighted by atomic mass is 19.4. The van der Waals surface area contributed by atoms with Crippen LogP contribution in [0.3, 0.4) is 0 Å². The van der Waals surface area contributed by atoms with Gasteiger partial charge in [-0.1, -0.05) is 6.07 Å². The van der Waals surface area contributed by atoms with Crippen molar-refractivity contribution in [1.82, 2.24) is 5.32 Å². The molecule has 18 heavy (non-hydrogen) atoms. The topological polar surface area (TPSA) is 12.0 Å². The molecule has 0 aromatic heterocycles. The predicted octanol–water partition coefficient (Wildman–Crippen LogP) is 4.00. The number of hydrogen-bond acceptors (Lipinski definition) is 1. The number of rotatable bonds is 2. The van der Waals surface area contributed by atoms with Gasteiger partial charge in [-0.3, -0.25) is 0 Å². The molecular formula is C11H11F6N. The summed E-state index contributed by atoms with van der Waals surface area (Å²) in [5, 5.41) is 2.67. The van der Waals surface area contributed by atoms with Crippen molar-refractivity contribution in [3.8, 4) is 0 Å². The van der Waals surface area contributed by atoms with Crippen LogP contribution in [0.15, 0.2) is 18.2 Å². The van der Waals surface area contributed by atoms with E-state index in [9.17, 15) is 26.3 Å². The minimum absolute atomic E-state index is 0.151. The Balaban J connectivity index is 3.40. The number of alkyl halides is 6. The number of benzene rings is 1. The van der Waals surface area contributed by atoms with E-state index in [-0.39, 0.29) is 5.56 Å². The van der Waals surface area contributed by atoms with Crippen LogP contribution in [0.25, 0.3) is 0 Å². The molecule has 0 saturated carbocycles. The monoisotopic (exact) mass is 271 g/mol. The molecule has 0 bridgehead atoms. The van der Waals surface area contributed by atoms with E-state index >= 15 is 0 Å². The van der Waals surface area contributed by atoms with Gasteiger partial charge in [0.15, 0.2) is 0 Å². The number of hydrogen-bond donors (Lipinski definition) is 1. The van der Waals surface area contributed by atoms with Gasteiger partial charge in [-0.15, -0.1) is 0 Å². The lowest BCUT2D eigenvalue weighted by Gasteiger charge is -2.18. The van der Waals surface area contributed by atoms with Gasteiger partial charge in [0.25, 0.3) is 0 Å². The molecule has 0 aliphatic heterocycles. The zero-order chi connectivity index (χ0) is 14.1. The number of halogens is 6. The smallest absolute Gasteiger partial charge is 0.313 e. The van der Waals surface area contributed by atoms with Gasteiger partial charge in [-0.25, -0.2) is 0 Å². The van der Waals surface area contributed by atoms with Crippen molar-refractivity contribution < 1.29 is 26.3 Å². The van der Waals surface area contributed by atoms with Crippen LogP contribution in [0.2, 0.25) is 0 Å². The summed E-state index contributed by atoms with van der Waals surface area (Å²) in [6.45, 7) is 1.56. The Labute approximate surface area is 99.8 Å². The largest absolute Gasteiger partial charge is 0.417 e. The van der Waals surface area contributed by atoms with Crippen molar-refractivity contribution in [2.45, 2.75) is 25.3 Å². The van der Waals surface area contributed by atoms with Gasteiger partial charge in [-0.05, 0) is 31.7 Å². The highest BCUT2D eigenvalue weighted by molar-refractivity contribution is 5.37. The van der Waals surface area contributed by atoms with Gasteiger partial charge in [0.1, 0.15) is 0 Å². The summed E-state index contributed by atoms with van der Waals surface area (Å²) in [4.78, 5) is 0. The lowest BCUT2D eigenvalue weighted by atomic mass is 9.99. The van der Waals surface area contributed by atoms with Crippen molar-refractivity contribution in [2.24, 2.45) is 0 Å². The molecule has 1 rings (SSSR count). The first kappa shape index (κ1) is 14.8. The molecule has 0 spiro atoms. The SMILES string of the molecule is CNC(C)c1ccc(C(F)(F)F)c(C(F)(F)F)c1. The van der Waals surface area contributed by atoms with Crippen molar-refractivity contribution in [1.29, 1.82) is 0 Å². The molecule has 102 valence electrons. The maximum absolute atomic E-state index is 12.6. The third-order valence-electron chi connectivity index (χ3n) is 2.59. The van der Waals surface area contributed by atoms with Gasteiger partial charge in [-0.2, -0.15) is 26.3 Å². The van der Waals surface area contributed by atoms with E-state index in [4.69, 9.17) is 0 Å². The van der Waals surface area contributed by atoms with Crippen LogP contribution in [0.5, 0.6) is 0 Å². The normalized spacial score (nSPS) is 14.7. The third-order valence-corrected chi connectivity index (χ3v) is 2.59. The number of nitrogens with one attached hydrogen (secondary N) is 1. The average molecular weight is 271 g/mol. The van der Waals surface area contributed by atoms with Gasteiger partial charge in [0.05, 0.1) is 11.1 Å². The highest BCUT2D eigenvalue weighted by Crippen LogP contribution is 2.41. The van der Waals surface area contributed by atoms with E-state index in [1.807, 2.05) is 0 Å². The van der Waals surface area contributed by atoms with E-state index < -0.39 is 29.5 Å².